The first-order valence-corrected chi connectivity index (χ1v) is 8.28. The number of ether oxygens (including phenoxy) is 1. The second-order valence-electron chi connectivity index (χ2n) is 5.49. The number of benzene rings is 2. The summed E-state index contributed by atoms with van der Waals surface area (Å²) in [5.74, 6) is 1.07. The molecule has 1 amide bonds. The van der Waals surface area contributed by atoms with Crippen LogP contribution in [0.25, 0.3) is 0 Å². The average Bonchev–Trinajstić information content (AvgIpc) is 2.68. The van der Waals surface area contributed by atoms with Gasteiger partial charge >= 0.3 is 0 Å². The van der Waals surface area contributed by atoms with Gasteiger partial charge in [-0.2, -0.15) is 0 Å². The van der Waals surface area contributed by atoms with Gasteiger partial charge in [0, 0.05) is 6.20 Å². The Morgan fingerprint density at radius 2 is 1.68 bits per heavy atom. The fourth-order valence-corrected chi connectivity index (χ4v) is 2.61. The van der Waals surface area contributed by atoms with Gasteiger partial charge in [0.15, 0.2) is 0 Å². The SMILES string of the molecule is CCOc1ccccc1C(=O)N(Cc1ccccc1)c1ccccn1. The maximum Gasteiger partial charge on any atom is 0.263 e. The smallest absolute Gasteiger partial charge is 0.263 e. The monoisotopic (exact) mass is 332 g/mol. The molecular formula is C21H20N2O2. The summed E-state index contributed by atoms with van der Waals surface area (Å²) in [7, 11) is 0. The number of rotatable bonds is 6. The van der Waals surface area contributed by atoms with Gasteiger partial charge in [-0.3, -0.25) is 9.69 Å². The molecule has 0 spiro atoms. The lowest BCUT2D eigenvalue weighted by Gasteiger charge is -2.23. The van der Waals surface area contributed by atoms with Gasteiger partial charge in [0.25, 0.3) is 5.91 Å². The third-order valence-electron chi connectivity index (χ3n) is 3.77. The number of hydrogen-bond acceptors (Lipinski definition) is 3. The maximum atomic E-state index is 13.3. The summed E-state index contributed by atoms with van der Waals surface area (Å²) in [6.07, 6.45) is 1.69. The van der Waals surface area contributed by atoms with Crippen molar-refractivity contribution < 1.29 is 9.53 Å². The number of para-hydroxylation sites is 1. The summed E-state index contributed by atoms with van der Waals surface area (Å²) in [4.78, 5) is 19.3. The fraction of sp³-hybridized carbons (Fsp3) is 0.143. The van der Waals surface area contributed by atoms with E-state index in [2.05, 4.69) is 4.98 Å². The normalized spacial score (nSPS) is 10.3. The molecule has 3 aromatic rings. The summed E-state index contributed by atoms with van der Waals surface area (Å²) in [6.45, 7) is 2.85. The largest absolute Gasteiger partial charge is 0.493 e. The Labute approximate surface area is 147 Å². The highest BCUT2D eigenvalue weighted by molar-refractivity contribution is 6.07. The van der Waals surface area contributed by atoms with Crippen LogP contribution in [-0.2, 0) is 6.54 Å². The van der Waals surface area contributed by atoms with E-state index in [1.807, 2.05) is 73.7 Å². The van der Waals surface area contributed by atoms with Crippen molar-refractivity contribution in [1.82, 2.24) is 4.98 Å². The van der Waals surface area contributed by atoms with Crippen molar-refractivity contribution in [3.05, 3.63) is 90.1 Å². The summed E-state index contributed by atoms with van der Waals surface area (Å²) < 4.78 is 5.63. The van der Waals surface area contributed by atoms with Gasteiger partial charge in [0.2, 0.25) is 0 Å². The summed E-state index contributed by atoms with van der Waals surface area (Å²) in [5, 5.41) is 0. The number of anilines is 1. The highest BCUT2D eigenvalue weighted by atomic mass is 16.5. The van der Waals surface area contributed by atoms with Crippen molar-refractivity contribution in [1.29, 1.82) is 0 Å². The second kappa shape index (κ2) is 8.11. The Morgan fingerprint density at radius 3 is 2.40 bits per heavy atom. The average molecular weight is 332 g/mol. The number of nitrogens with zero attached hydrogens (tertiary/aromatic N) is 2. The standard InChI is InChI=1S/C21H20N2O2/c1-2-25-19-13-7-6-12-18(19)21(24)23(20-14-8-9-15-22-20)16-17-10-4-3-5-11-17/h3-15H,2,16H2,1H3. The molecule has 126 valence electrons. The van der Waals surface area contributed by atoms with Crippen molar-refractivity contribution in [2.45, 2.75) is 13.5 Å². The molecule has 2 aromatic carbocycles. The lowest BCUT2D eigenvalue weighted by atomic mass is 10.1. The molecule has 0 aliphatic rings. The molecule has 0 bridgehead atoms. The zero-order valence-corrected chi connectivity index (χ0v) is 14.1. The molecule has 0 aliphatic carbocycles. The Morgan fingerprint density at radius 1 is 0.960 bits per heavy atom. The van der Waals surface area contributed by atoms with Crippen LogP contribution in [0.2, 0.25) is 0 Å². The highest BCUT2D eigenvalue weighted by Crippen LogP contribution is 2.24. The van der Waals surface area contributed by atoms with Crippen LogP contribution in [0.15, 0.2) is 79.0 Å². The van der Waals surface area contributed by atoms with Gasteiger partial charge in [0.05, 0.1) is 18.7 Å². The number of carbonyl (C=O) groups is 1. The highest BCUT2D eigenvalue weighted by Gasteiger charge is 2.22. The lowest BCUT2D eigenvalue weighted by molar-refractivity contribution is 0.0980. The van der Waals surface area contributed by atoms with Gasteiger partial charge in [-0.05, 0) is 36.8 Å². The number of hydrogen-bond donors (Lipinski definition) is 0. The predicted octanol–water partition coefficient (Wildman–Crippen LogP) is 4.33. The molecule has 0 N–H and O–H groups in total. The molecule has 3 rings (SSSR count). The van der Waals surface area contributed by atoms with Crippen molar-refractivity contribution in [2.24, 2.45) is 0 Å². The molecule has 1 aromatic heterocycles. The van der Waals surface area contributed by atoms with Crippen molar-refractivity contribution in [2.75, 3.05) is 11.5 Å². The van der Waals surface area contributed by atoms with Gasteiger partial charge in [0.1, 0.15) is 11.6 Å². The molecule has 0 atom stereocenters. The van der Waals surface area contributed by atoms with Gasteiger partial charge in [-0.15, -0.1) is 0 Å². The van der Waals surface area contributed by atoms with Crippen LogP contribution in [-0.4, -0.2) is 17.5 Å². The first-order valence-electron chi connectivity index (χ1n) is 8.28. The molecule has 0 radical (unpaired) electrons. The molecule has 0 saturated heterocycles. The Kier molecular flexibility index (Phi) is 5.42. The fourth-order valence-electron chi connectivity index (χ4n) is 2.61. The lowest BCUT2D eigenvalue weighted by Crippen LogP contribution is -2.31. The van der Waals surface area contributed by atoms with Crippen LogP contribution in [0.1, 0.15) is 22.8 Å². The molecule has 0 unspecified atom stereocenters. The van der Waals surface area contributed by atoms with Crippen LogP contribution in [0.4, 0.5) is 5.82 Å². The minimum atomic E-state index is -0.133. The van der Waals surface area contributed by atoms with E-state index in [9.17, 15) is 4.79 Å². The van der Waals surface area contributed by atoms with E-state index >= 15 is 0 Å². The van der Waals surface area contributed by atoms with Crippen molar-refractivity contribution >= 4 is 11.7 Å². The predicted molar refractivity (Wildman–Crippen MR) is 98.8 cm³/mol. The van der Waals surface area contributed by atoms with Gasteiger partial charge in [-0.1, -0.05) is 48.5 Å². The topological polar surface area (TPSA) is 42.4 Å². The Hall–Kier alpha value is -3.14. The number of amides is 1. The summed E-state index contributed by atoms with van der Waals surface area (Å²) in [6, 6.07) is 22.7. The van der Waals surface area contributed by atoms with E-state index < -0.39 is 0 Å². The first kappa shape index (κ1) is 16.7. The van der Waals surface area contributed by atoms with Gasteiger partial charge < -0.3 is 4.74 Å². The first-order chi connectivity index (χ1) is 12.3. The second-order valence-corrected chi connectivity index (χ2v) is 5.49. The van der Waals surface area contributed by atoms with Crippen molar-refractivity contribution in [3.63, 3.8) is 0 Å². The zero-order valence-electron chi connectivity index (χ0n) is 14.1. The Balaban J connectivity index is 1.98. The third kappa shape index (κ3) is 4.04. The van der Waals surface area contributed by atoms with Crippen LogP contribution in [0.3, 0.4) is 0 Å². The van der Waals surface area contributed by atoms with E-state index in [1.54, 1.807) is 17.2 Å². The number of carbonyl (C=O) groups excluding carboxylic acids is 1. The van der Waals surface area contributed by atoms with Crippen LogP contribution in [0.5, 0.6) is 5.75 Å². The minimum absolute atomic E-state index is 0.133. The maximum absolute atomic E-state index is 13.3. The molecule has 4 heteroatoms. The molecule has 1 heterocycles. The quantitative estimate of drug-likeness (QED) is 0.675. The number of aromatic nitrogens is 1. The van der Waals surface area contributed by atoms with E-state index in [0.717, 1.165) is 5.56 Å². The van der Waals surface area contributed by atoms with E-state index in [4.69, 9.17) is 4.74 Å². The van der Waals surface area contributed by atoms with E-state index in [0.29, 0.717) is 30.3 Å². The molecule has 0 fully saturated rings. The molecule has 4 nitrogen and oxygen atoms in total. The number of pyridine rings is 1. The molecule has 0 aliphatic heterocycles. The molecule has 0 saturated carbocycles. The third-order valence-corrected chi connectivity index (χ3v) is 3.77. The van der Waals surface area contributed by atoms with Crippen molar-refractivity contribution in [3.8, 4) is 5.75 Å². The van der Waals surface area contributed by atoms with E-state index in [-0.39, 0.29) is 5.91 Å². The summed E-state index contributed by atoms with van der Waals surface area (Å²) >= 11 is 0. The Bertz CT molecular complexity index is 820. The zero-order chi connectivity index (χ0) is 17.5. The summed E-state index contributed by atoms with van der Waals surface area (Å²) in [5.41, 5.74) is 1.57. The van der Waals surface area contributed by atoms with Gasteiger partial charge in [-0.25, -0.2) is 4.98 Å². The van der Waals surface area contributed by atoms with Crippen LogP contribution >= 0.6 is 0 Å². The van der Waals surface area contributed by atoms with E-state index in [1.165, 1.54) is 0 Å². The molecular weight excluding hydrogens is 312 g/mol. The van der Waals surface area contributed by atoms with Crippen LogP contribution < -0.4 is 9.64 Å². The minimum Gasteiger partial charge on any atom is -0.493 e. The molecule has 25 heavy (non-hydrogen) atoms. The van der Waals surface area contributed by atoms with Crippen LogP contribution in [0, 0.1) is 0 Å².